The maximum absolute atomic E-state index is 12.8. The Hall–Kier alpha value is -2.87. The Kier molecular flexibility index (Phi) is 6.57. The van der Waals surface area contributed by atoms with Crippen LogP contribution in [0.5, 0.6) is 23.0 Å². The van der Waals surface area contributed by atoms with E-state index in [1.807, 2.05) is 0 Å². The summed E-state index contributed by atoms with van der Waals surface area (Å²) in [6, 6.07) is 3.71. The number of aromatic hydroxyl groups is 3. The highest BCUT2D eigenvalue weighted by molar-refractivity contribution is 6.19. The minimum atomic E-state index is -0.944. The molecule has 9 heteroatoms. The Morgan fingerprint density at radius 1 is 1.04 bits per heavy atom. The van der Waals surface area contributed by atoms with Crippen LogP contribution in [0.1, 0.15) is 33.6 Å². The molecule has 0 aromatic heterocycles. The fourth-order valence-electron chi connectivity index (χ4n) is 2.26. The Morgan fingerprint density at radius 3 is 2.33 bits per heavy atom. The molecule has 144 valence electrons. The van der Waals surface area contributed by atoms with Gasteiger partial charge in [-0.25, -0.2) is 8.78 Å². The summed E-state index contributed by atoms with van der Waals surface area (Å²) in [6.45, 7) is 0.289. The monoisotopic (exact) mass is 400 g/mol. The van der Waals surface area contributed by atoms with Crippen molar-refractivity contribution in [2.75, 3.05) is 12.5 Å². The quantitative estimate of drug-likeness (QED) is 0.537. The molecular weight excluding hydrogens is 386 g/mol. The van der Waals surface area contributed by atoms with Gasteiger partial charge in [0.25, 0.3) is 0 Å². The molecule has 27 heavy (non-hydrogen) atoms. The zero-order chi connectivity index (χ0) is 20.1. The predicted molar refractivity (Wildman–Crippen MR) is 91.9 cm³/mol. The van der Waals surface area contributed by atoms with Gasteiger partial charge < -0.3 is 20.1 Å². The molecule has 3 rings (SSSR count). The third-order valence-corrected chi connectivity index (χ3v) is 3.81. The molecule has 2 aromatic carbocycles. The van der Waals surface area contributed by atoms with Crippen molar-refractivity contribution in [1.29, 1.82) is 0 Å². The van der Waals surface area contributed by atoms with Gasteiger partial charge in [0.2, 0.25) is 0 Å². The highest BCUT2D eigenvalue weighted by atomic mass is 35.5. The molecule has 0 saturated carbocycles. The summed E-state index contributed by atoms with van der Waals surface area (Å²) >= 11 is 5.32. The Bertz CT molecular complexity index is 885. The number of phenolic OH excluding ortho intramolecular Hbond substituents is 3. The van der Waals surface area contributed by atoms with E-state index in [0.29, 0.717) is 0 Å². The third-order valence-electron chi connectivity index (χ3n) is 3.62. The van der Waals surface area contributed by atoms with Crippen LogP contribution in [-0.4, -0.2) is 39.4 Å². The second-order valence-corrected chi connectivity index (χ2v) is 5.88. The van der Waals surface area contributed by atoms with Crippen LogP contribution in [-0.2, 0) is 0 Å². The van der Waals surface area contributed by atoms with Crippen LogP contribution in [0.4, 0.5) is 8.78 Å². The lowest BCUT2D eigenvalue weighted by molar-refractivity contribution is 0.0931. The van der Waals surface area contributed by atoms with Crippen molar-refractivity contribution >= 4 is 23.2 Å². The number of benzene rings is 2. The molecule has 3 N–H and O–H groups in total. The van der Waals surface area contributed by atoms with Gasteiger partial charge in [0, 0.05) is 30.9 Å². The van der Waals surface area contributed by atoms with E-state index in [0.717, 1.165) is 24.3 Å². The lowest BCUT2D eigenvalue weighted by atomic mass is 10.0. The normalized spacial score (nSPS) is 12.5. The predicted octanol–water partition coefficient (Wildman–Crippen LogP) is 3.55. The van der Waals surface area contributed by atoms with Crippen LogP contribution in [0.25, 0.3) is 0 Å². The smallest absolute Gasteiger partial charge is 0.170 e. The topological polar surface area (TPSA) is 104 Å². The number of hydrogen-bond donors (Lipinski definition) is 3. The van der Waals surface area contributed by atoms with Gasteiger partial charge in [-0.3, -0.25) is 9.59 Å². The van der Waals surface area contributed by atoms with E-state index in [4.69, 9.17) is 26.6 Å². The molecule has 0 saturated heterocycles. The summed E-state index contributed by atoms with van der Waals surface area (Å²) in [5.74, 6) is -3.62. The first kappa shape index (κ1) is 20.4. The minimum Gasteiger partial charge on any atom is -0.507 e. The number of carbonyl (C=O) groups is 2. The molecule has 0 spiro atoms. The second kappa shape index (κ2) is 8.68. The summed E-state index contributed by atoms with van der Waals surface area (Å²) in [7, 11) is 0. The molecule has 0 fully saturated rings. The molecular formula is C18H15ClF2O6. The Morgan fingerprint density at radius 2 is 1.67 bits per heavy atom. The van der Waals surface area contributed by atoms with Gasteiger partial charge in [-0.2, -0.15) is 0 Å². The van der Waals surface area contributed by atoms with Crippen LogP contribution in [0.2, 0.25) is 0 Å². The number of Topliss-reactive ketones (excluding diaryl/α,β-unsaturated/α-hetero) is 2. The molecule has 6 nitrogen and oxygen atoms in total. The molecule has 0 unspecified atom stereocenters. The maximum Gasteiger partial charge on any atom is 0.170 e. The number of ketones is 2. The number of rotatable bonds is 3. The van der Waals surface area contributed by atoms with E-state index in [1.165, 1.54) is 0 Å². The van der Waals surface area contributed by atoms with E-state index < -0.39 is 34.7 Å². The molecule has 1 aliphatic heterocycles. The largest absolute Gasteiger partial charge is 0.507 e. The average Bonchev–Trinajstić information content (AvgIpc) is 2.61. The van der Waals surface area contributed by atoms with Gasteiger partial charge in [-0.1, -0.05) is 0 Å². The number of alkyl halides is 1. The van der Waals surface area contributed by atoms with Gasteiger partial charge in [-0.05, 0) is 12.1 Å². The van der Waals surface area contributed by atoms with Crippen molar-refractivity contribution in [2.24, 2.45) is 0 Å². The van der Waals surface area contributed by atoms with Crippen LogP contribution < -0.4 is 4.74 Å². The molecule has 2 aromatic rings. The van der Waals surface area contributed by atoms with Crippen LogP contribution in [0.15, 0.2) is 24.3 Å². The summed E-state index contributed by atoms with van der Waals surface area (Å²) in [6.07, 6.45) is 0.274. The fraction of sp³-hybridized carbons (Fsp3) is 0.222. The second-order valence-electron chi connectivity index (χ2n) is 5.50. The van der Waals surface area contributed by atoms with E-state index in [2.05, 4.69) is 0 Å². The lowest BCUT2D eigenvalue weighted by Gasteiger charge is -2.16. The number of halogens is 3. The van der Waals surface area contributed by atoms with Crippen molar-refractivity contribution in [3.63, 3.8) is 0 Å². The third kappa shape index (κ3) is 4.85. The number of ether oxygens (including phenoxy) is 1. The first-order valence-corrected chi connectivity index (χ1v) is 8.27. The molecule has 0 atom stereocenters. The van der Waals surface area contributed by atoms with Crippen LogP contribution in [0, 0.1) is 11.6 Å². The summed E-state index contributed by atoms with van der Waals surface area (Å²) in [5, 5.41) is 27.1. The highest BCUT2D eigenvalue weighted by Gasteiger charge is 2.20. The van der Waals surface area contributed by atoms with Gasteiger partial charge in [-0.15, -0.1) is 11.6 Å². The van der Waals surface area contributed by atoms with Crippen molar-refractivity contribution in [3.05, 3.63) is 47.0 Å². The van der Waals surface area contributed by atoms with Crippen LogP contribution in [0.3, 0.4) is 0 Å². The highest BCUT2D eigenvalue weighted by Crippen LogP contribution is 2.30. The van der Waals surface area contributed by atoms with Gasteiger partial charge >= 0.3 is 0 Å². The van der Waals surface area contributed by atoms with E-state index in [1.54, 1.807) is 0 Å². The fourth-order valence-corrected chi connectivity index (χ4v) is 2.43. The van der Waals surface area contributed by atoms with Crippen molar-refractivity contribution in [3.8, 4) is 23.0 Å². The summed E-state index contributed by atoms with van der Waals surface area (Å²) < 4.78 is 30.7. The number of hydrogen-bond acceptors (Lipinski definition) is 6. The SMILES string of the molecule is O=C(CCCl)c1cc(F)c(O)cc1O.O=C1CCOc2cc(O)c(F)cc21. The van der Waals surface area contributed by atoms with Gasteiger partial charge in [0.1, 0.15) is 11.5 Å². The summed E-state index contributed by atoms with van der Waals surface area (Å²) in [4.78, 5) is 22.5. The summed E-state index contributed by atoms with van der Waals surface area (Å²) in [5.41, 5.74) is 0.0440. The molecule has 0 radical (unpaired) electrons. The maximum atomic E-state index is 12.8. The molecule has 0 aliphatic carbocycles. The first-order chi connectivity index (χ1) is 12.7. The number of carbonyl (C=O) groups excluding carboxylic acids is 2. The van der Waals surface area contributed by atoms with Gasteiger partial charge in [0.15, 0.2) is 34.7 Å². The molecule has 0 bridgehead atoms. The van der Waals surface area contributed by atoms with Crippen molar-refractivity contribution in [2.45, 2.75) is 12.8 Å². The molecule has 1 heterocycles. The zero-order valence-corrected chi connectivity index (χ0v) is 14.6. The lowest BCUT2D eigenvalue weighted by Crippen LogP contribution is -2.15. The average molecular weight is 401 g/mol. The Balaban J connectivity index is 0.000000194. The standard InChI is InChI=1S/C9H8ClFO3.C9H7FO3/c10-2-1-7(12)5-3-6(11)9(14)4-8(5)13;10-6-3-5-7(11)1-2-13-9(5)4-8(6)12/h3-4,13-14H,1-2H2;3-4,12H,1-2H2. The number of phenols is 3. The molecule has 0 amide bonds. The van der Waals surface area contributed by atoms with Crippen molar-refractivity contribution in [1.82, 2.24) is 0 Å². The minimum absolute atomic E-state index is 0.0132. The molecule has 1 aliphatic rings. The van der Waals surface area contributed by atoms with Crippen LogP contribution >= 0.6 is 11.6 Å². The van der Waals surface area contributed by atoms with Gasteiger partial charge in [0.05, 0.1) is 17.7 Å². The van der Waals surface area contributed by atoms with Crippen molar-refractivity contribution < 1.29 is 38.4 Å². The van der Waals surface area contributed by atoms with E-state index in [9.17, 15) is 23.5 Å². The van der Waals surface area contributed by atoms with E-state index in [-0.39, 0.29) is 48.0 Å². The van der Waals surface area contributed by atoms with E-state index >= 15 is 0 Å². The Labute approximate surface area is 157 Å². The first-order valence-electron chi connectivity index (χ1n) is 7.73. The zero-order valence-electron chi connectivity index (χ0n) is 13.8. The number of fused-ring (bicyclic) bond motifs is 1.